The molecule has 0 fully saturated rings. The van der Waals surface area contributed by atoms with Gasteiger partial charge in [-0.25, -0.2) is 0 Å². The van der Waals surface area contributed by atoms with Crippen molar-refractivity contribution in [3.8, 4) is 27.9 Å². The van der Waals surface area contributed by atoms with Gasteiger partial charge in [0.25, 0.3) is 0 Å². The summed E-state index contributed by atoms with van der Waals surface area (Å²) in [7, 11) is 0. The molecule has 2 aromatic heterocycles. The molecule has 0 aliphatic heterocycles. The van der Waals surface area contributed by atoms with Crippen molar-refractivity contribution in [3.05, 3.63) is 231 Å². The van der Waals surface area contributed by atoms with Gasteiger partial charge in [0.15, 0.2) is 0 Å². The number of rotatable bonds is 6. The lowest BCUT2D eigenvalue weighted by Crippen LogP contribution is -2.10. The third kappa shape index (κ3) is 5.71. The van der Waals surface area contributed by atoms with E-state index in [0.717, 1.165) is 17.1 Å². The van der Waals surface area contributed by atoms with Crippen LogP contribution in [0, 0.1) is 0 Å². The zero-order chi connectivity index (χ0) is 41.4. The van der Waals surface area contributed by atoms with Crippen LogP contribution in [0.15, 0.2) is 231 Å². The number of fused-ring (bicyclic) bond motifs is 11. The van der Waals surface area contributed by atoms with Crippen molar-refractivity contribution < 1.29 is 0 Å². The molecular formula is C60H38N2S. The zero-order valence-electron chi connectivity index (χ0n) is 34.2. The van der Waals surface area contributed by atoms with Crippen molar-refractivity contribution in [1.82, 2.24) is 4.57 Å². The standard InChI is InChI=1S/C60H38N2S/c1-4-18-48-40(13-1)31-36-54-53-23-12-26-58(60(53)63-59(48)54)61(45-34-29-41(30-35-45)55-38-43-14-2-3-17-47(43)49-19-5-6-20-50(49)55)44-32-27-39(28-33-44)42-15-11-16-46(37-42)62-56-24-9-7-21-51(56)52-22-8-10-25-57(52)62/h1-38H. The molecule has 0 N–H and O–H groups in total. The molecule has 0 aliphatic carbocycles. The van der Waals surface area contributed by atoms with E-state index in [9.17, 15) is 0 Å². The van der Waals surface area contributed by atoms with E-state index in [2.05, 4.69) is 240 Å². The van der Waals surface area contributed by atoms with Crippen molar-refractivity contribution in [2.75, 3.05) is 4.90 Å². The van der Waals surface area contributed by atoms with Crippen LogP contribution in [0.25, 0.3) is 102 Å². The number of nitrogens with zero attached hydrogens (tertiary/aromatic N) is 2. The van der Waals surface area contributed by atoms with Gasteiger partial charge < -0.3 is 9.47 Å². The Hall–Kier alpha value is -7.98. The highest BCUT2D eigenvalue weighted by Crippen LogP contribution is 2.47. The molecule has 0 atom stereocenters. The summed E-state index contributed by atoms with van der Waals surface area (Å²) in [6, 6.07) is 84.6. The van der Waals surface area contributed by atoms with Crippen molar-refractivity contribution >= 4 is 103 Å². The van der Waals surface area contributed by atoms with Gasteiger partial charge in [0.1, 0.15) is 0 Å². The number of aromatic nitrogens is 1. The molecule has 13 aromatic rings. The van der Waals surface area contributed by atoms with Crippen LogP contribution in [0.1, 0.15) is 0 Å². The minimum absolute atomic E-state index is 1.11. The monoisotopic (exact) mass is 818 g/mol. The smallest absolute Gasteiger partial charge is 0.0640 e. The van der Waals surface area contributed by atoms with Crippen LogP contribution in [0.2, 0.25) is 0 Å². The summed E-state index contributed by atoms with van der Waals surface area (Å²) >= 11 is 1.90. The number of thiophene rings is 1. The van der Waals surface area contributed by atoms with E-state index < -0.39 is 0 Å². The molecule has 3 heteroatoms. The molecule has 2 nitrogen and oxygen atoms in total. The van der Waals surface area contributed by atoms with E-state index in [-0.39, 0.29) is 0 Å². The Morgan fingerprint density at radius 3 is 1.60 bits per heavy atom. The predicted octanol–water partition coefficient (Wildman–Crippen LogP) is 17.4. The molecule has 13 rings (SSSR count). The third-order valence-corrected chi connectivity index (χ3v) is 14.2. The minimum Gasteiger partial charge on any atom is -0.309 e. The summed E-state index contributed by atoms with van der Waals surface area (Å²) in [5, 5.41) is 12.8. The number of benzene rings is 11. The van der Waals surface area contributed by atoms with Crippen molar-refractivity contribution in [2.24, 2.45) is 0 Å². The SMILES string of the molecule is c1cc(-c2ccc(N(c3ccc(-c4cc5ccccc5c5ccccc45)cc3)c3cccc4c3sc3c5ccccc5ccc43)cc2)cc(-n2c3ccccc3c3ccccc32)c1. The minimum atomic E-state index is 1.11. The van der Waals surface area contributed by atoms with Gasteiger partial charge in [-0.05, 0) is 115 Å². The first-order chi connectivity index (χ1) is 31.2. The average molecular weight is 819 g/mol. The van der Waals surface area contributed by atoms with Crippen LogP contribution >= 0.6 is 11.3 Å². The van der Waals surface area contributed by atoms with Gasteiger partial charge in [0.2, 0.25) is 0 Å². The Balaban J connectivity index is 0.953. The van der Waals surface area contributed by atoms with Gasteiger partial charge in [-0.2, -0.15) is 0 Å². The maximum Gasteiger partial charge on any atom is 0.0640 e. The van der Waals surface area contributed by atoms with Gasteiger partial charge in [-0.15, -0.1) is 11.3 Å². The largest absolute Gasteiger partial charge is 0.309 e. The van der Waals surface area contributed by atoms with Crippen LogP contribution < -0.4 is 4.90 Å². The maximum atomic E-state index is 2.44. The predicted molar refractivity (Wildman–Crippen MR) is 272 cm³/mol. The molecule has 63 heavy (non-hydrogen) atoms. The van der Waals surface area contributed by atoms with E-state index in [1.165, 1.54) is 102 Å². The molecule has 294 valence electrons. The van der Waals surface area contributed by atoms with Gasteiger partial charge in [-0.1, -0.05) is 170 Å². The fraction of sp³-hybridized carbons (Fsp3) is 0. The highest BCUT2D eigenvalue weighted by Gasteiger charge is 2.20. The fourth-order valence-electron chi connectivity index (χ4n) is 10.0. The number of hydrogen-bond donors (Lipinski definition) is 0. The number of anilines is 3. The Labute approximate surface area is 368 Å². The fourth-order valence-corrected chi connectivity index (χ4v) is 11.4. The second-order valence-corrected chi connectivity index (χ2v) is 17.5. The van der Waals surface area contributed by atoms with Gasteiger partial charge in [-0.3, -0.25) is 0 Å². The molecule has 0 amide bonds. The highest BCUT2D eigenvalue weighted by molar-refractivity contribution is 7.27. The number of para-hydroxylation sites is 2. The average Bonchev–Trinajstić information content (AvgIpc) is 3.91. The Bertz CT molecular complexity index is 3860. The molecule has 0 saturated carbocycles. The van der Waals surface area contributed by atoms with Crippen LogP contribution in [0.5, 0.6) is 0 Å². The Morgan fingerprint density at radius 2 is 0.873 bits per heavy atom. The quantitative estimate of drug-likeness (QED) is 0.152. The Morgan fingerprint density at radius 1 is 0.317 bits per heavy atom. The normalized spacial score (nSPS) is 11.8. The molecule has 11 aromatic carbocycles. The first kappa shape index (κ1) is 35.7. The molecule has 0 radical (unpaired) electrons. The molecule has 0 saturated heterocycles. The lowest BCUT2D eigenvalue weighted by atomic mass is 9.93. The molecular weight excluding hydrogens is 781 g/mol. The summed E-state index contributed by atoms with van der Waals surface area (Å²) in [5.41, 5.74) is 11.8. The Kier molecular flexibility index (Phi) is 8.12. The first-order valence-electron chi connectivity index (χ1n) is 21.6. The topological polar surface area (TPSA) is 8.17 Å². The summed E-state index contributed by atoms with van der Waals surface area (Å²) < 4.78 is 4.99. The van der Waals surface area contributed by atoms with Crippen LogP contribution in [0.3, 0.4) is 0 Å². The third-order valence-electron chi connectivity index (χ3n) is 13.0. The molecule has 0 spiro atoms. The lowest BCUT2D eigenvalue weighted by Gasteiger charge is -2.26. The first-order valence-corrected chi connectivity index (χ1v) is 22.4. The summed E-state index contributed by atoms with van der Waals surface area (Å²) in [6.07, 6.45) is 0. The van der Waals surface area contributed by atoms with E-state index in [1.54, 1.807) is 0 Å². The van der Waals surface area contributed by atoms with Gasteiger partial charge in [0, 0.05) is 43.3 Å². The summed E-state index contributed by atoms with van der Waals surface area (Å²) in [4.78, 5) is 2.44. The van der Waals surface area contributed by atoms with Crippen molar-refractivity contribution in [1.29, 1.82) is 0 Å². The molecule has 0 bridgehead atoms. The van der Waals surface area contributed by atoms with Gasteiger partial charge in [0.05, 0.1) is 21.4 Å². The van der Waals surface area contributed by atoms with E-state index in [0.29, 0.717) is 0 Å². The maximum absolute atomic E-state index is 2.44. The van der Waals surface area contributed by atoms with E-state index >= 15 is 0 Å². The van der Waals surface area contributed by atoms with Gasteiger partial charge >= 0.3 is 0 Å². The number of hydrogen-bond acceptors (Lipinski definition) is 2. The molecule has 0 unspecified atom stereocenters. The van der Waals surface area contributed by atoms with E-state index in [4.69, 9.17) is 0 Å². The van der Waals surface area contributed by atoms with Crippen molar-refractivity contribution in [3.63, 3.8) is 0 Å². The van der Waals surface area contributed by atoms with E-state index in [1.807, 2.05) is 11.3 Å². The van der Waals surface area contributed by atoms with Crippen LogP contribution in [-0.2, 0) is 0 Å². The second kappa shape index (κ2) is 14.3. The van der Waals surface area contributed by atoms with Crippen LogP contribution in [0.4, 0.5) is 17.1 Å². The second-order valence-electron chi connectivity index (χ2n) is 16.5. The summed E-state index contributed by atoms with van der Waals surface area (Å²) in [5.74, 6) is 0. The summed E-state index contributed by atoms with van der Waals surface area (Å²) in [6.45, 7) is 0. The molecule has 2 heterocycles. The zero-order valence-corrected chi connectivity index (χ0v) is 35.1. The van der Waals surface area contributed by atoms with Crippen molar-refractivity contribution in [2.45, 2.75) is 0 Å². The lowest BCUT2D eigenvalue weighted by molar-refractivity contribution is 1.18. The highest BCUT2D eigenvalue weighted by atomic mass is 32.1. The van der Waals surface area contributed by atoms with Crippen LogP contribution in [-0.4, -0.2) is 4.57 Å². The molecule has 0 aliphatic rings.